The van der Waals surface area contributed by atoms with Gasteiger partial charge in [-0.1, -0.05) is 12.1 Å². The van der Waals surface area contributed by atoms with E-state index < -0.39 is 11.9 Å². The van der Waals surface area contributed by atoms with Crippen molar-refractivity contribution in [3.8, 4) is 5.75 Å². The number of hydrogen-bond acceptors (Lipinski definition) is 7. The second-order valence-corrected chi connectivity index (χ2v) is 9.08. The third kappa shape index (κ3) is 7.22. The third-order valence-electron chi connectivity index (χ3n) is 5.66. The van der Waals surface area contributed by atoms with E-state index in [1.165, 1.54) is 18.1 Å². The molecule has 1 aliphatic rings. The molecule has 0 saturated carbocycles. The van der Waals surface area contributed by atoms with Gasteiger partial charge in [-0.2, -0.15) is 0 Å². The van der Waals surface area contributed by atoms with Crippen LogP contribution in [-0.2, 0) is 20.7 Å². The lowest BCUT2D eigenvalue weighted by Crippen LogP contribution is -2.48. The number of amides is 1. The summed E-state index contributed by atoms with van der Waals surface area (Å²) in [6.45, 7) is 2.64. The molecular weight excluding hydrogens is 447 g/mol. The Balaban J connectivity index is 1.71. The molecule has 0 aliphatic carbocycles. The summed E-state index contributed by atoms with van der Waals surface area (Å²) in [5.74, 6) is -0.291. The van der Waals surface area contributed by atoms with E-state index in [1.807, 2.05) is 21.2 Å². The number of hydrogen-bond donors (Lipinski definition) is 1. The van der Waals surface area contributed by atoms with Gasteiger partial charge in [-0.3, -0.25) is 9.69 Å². The number of ether oxygens (including phenoxy) is 3. The molecule has 2 heterocycles. The number of carbonyl (C=O) groups excluding carboxylic acids is 1. The Hall–Kier alpha value is -2.04. The van der Waals surface area contributed by atoms with E-state index in [0.717, 1.165) is 18.4 Å². The highest BCUT2D eigenvalue weighted by Gasteiger charge is 2.33. The van der Waals surface area contributed by atoms with Crippen molar-refractivity contribution in [1.82, 2.24) is 9.80 Å². The molecule has 1 amide bonds. The van der Waals surface area contributed by atoms with E-state index in [-0.39, 0.29) is 37.5 Å². The van der Waals surface area contributed by atoms with Gasteiger partial charge in [-0.05, 0) is 42.0 Å². The molecule has 1 aromatic carbocycles. The van der Waals surface area contributed by atoms with Crippen molar-refractivity contribution in [3.63, 3.8) is 0 Å². The van der Waals surface area contributed by atoms with Crippen molar-refractivity contribution in [2.75, 3.05) is 60.2 Å². The lowest BCUT2D eigenvalue weighted by Gasteiger charge is -2.37. The fraction of sp³-hybridized carbons (Fsp3) is 0.542. The average molecular weight is 481 g/mol. The Kier molecular flexibility index (Phi) is 10.1. The number of halogens is 1. The van der Waals surface area contributed by atoms with Crippen molar-refractivity contribution in [2.24, 2.45) is 0 Å². The summed E-state index contributed by atoms with van der Waals surface area (Å²) in [4.78, 5) is 18.4. The highest BCUT2D eigenvalue weighted by molar-refractivity contribution is 7.10. The summed E-state index contributed by atoms with van der Waals surface area (Å²) < 4.78 is 30.1. The summed E-state index contributed by atoms with van der Waals surface area (Å²) >= 11 is 1.67. The van der Waals surface area contributed by atoms with Gasteiger partial charge in [0, 0.05) is 45.3 Å². The van der Waals surface area contributed by atoms with E-state index in [9.17, 15) is 14.3 Å². The highest BCUT2D eigenvalue weighted by atomic mass is 32.1. The van der Waals surface area contributed by atoms with Gasteiger partial charge in [0.1, 0.15) is 6.61 Å². The molecule has 0 fully saturated rings. The monoisotopic (exact) mass is 480 g/mol. The Bertz CT molecular complexity index is 880. The summed E-state index contributed by atoms with van der Waals surface area (Å²) in [6, 6.07) is 8.02. The molecule has 0 saturated heterocycles. The molecule has 0 spiro atoms. The molecule has 3 rings (SSSR count). The molecular formula is C24H33FN2O5S. The summed E-state index contributed by atoms with van der Waals surface area (Å²) in [5, 5.41) is 12.2. The first-order valence-electron chi connectivity index (χ1n) is 11.1. The van der Waals surface area contributed by atoms with Gasteiger partial charge in [-0.25, -0.2) is 4.39 Å². The van der Waals surface area contributed by atoms with Crippen molar-refractivity contribution >= 4 is 17.2 Å². The molecule has 1 aliphatic heterocycles. The Morgan fingerprint density at radius 2 is 2.12 bits per heavy atom. The quantitative estimate of drug-likeness (QED) is 0.445. The van der Waals surface area contributed by atoms with Crippen molar-refractivity contribution in [3.05, 3.63) is 52.0 Å². The molecule has 182 valence electrons. The minimum absolute atomic E-state index is 0.0454. The van der Waals surface area contributed by atoms with E-state index in [1.54, 1.807) is 36.6 Å². The first kappa shape index (κ1) is 25.6. The van der Waals surface area contributed by atoms with Gasteiger partial charge < -0.3 is 24.2 Å². The lowest BCUT2D eigenvalue weighted by molar-refractivity contribution is -0.136. The van der Waals surface area contributed by atoms with E-state index in [0.29, 0.717) is 26.2 Å². The van der Waals surface area contributed by atoms with Crippen LogP contribution in [0.1, 0.15) is 22.9 Å². The lowest BCUT2D eigenvalue weighted by atomic mass is 10.0. The summed E-state index contributed by atoms with van der Waals surface area (Å²) in [5.41, 5.74) is 1.06. The van der Waals surface area contributed by atoms with Gasteiger partial charge in [-0.15, -0.1) is 11.3 Å². The number of aliphatic hydroxyl groups is 1. The topological polar surface area (TPSA) is 71.5 Å². The van der Waals surface area contributed by atoms with Crippen LogP contribution in [0.2, 0.25) is 0 Å². The number of thiophene rings is 1. The molecule has 33 heavy (non-hydrogen) atoms. The Morgan fingerprint density at radius 1 is 1.30 bits per heavy atom. The number of rotatable bonds is 13. The number of fused-ring (bicyclic) bond motifs is 1. The molecule has 7 nitrogen and oxygen atoms in total. The van der Waals surface area contributed by atoms with Gasteiger partial charge in [0.15, 0.2) is 11.6 Å². The Labute approximate surface area is 198 Å². The number of carbonyl (C=O) groups is 1. The fourth-order valence-electron chi connectivity index (χ4n) is 4.10. The maximum Gasteiger partial charge on any atom is 0.237 e. The van der Waals surface area contributed by atoms with Crippen LogP contribution >= 0.6 is 11.3 Å². The van der Waals surface area contributed by atoms with E-state index in [2.05, 4.69) is 0 Å². The molecule has 2 atom stereocenters. The molecule has 0 bridgehead atoms. The van der Waals surface area contributed by atoms with Crippen LogP contribution in [0.25, 0.3) is 0 Å². The van der Waals surface area contributed by atoms with Gasteiger partial charge >= 0.3 is 0 Å². The fourth-order valence-corrected chi connectivity index (χ4v) is 5.03. The largest absolute Gasteiger partial charge is 0.488 e. The standard InChI is InChI=1S/C24H33FN2O5S/c1-30-12-5-10-26(14-18(28)16-31-2)15-24(29)27-11-8-23-19(9-13-33-23)21(27)17-32-22-7-4-3-6-20(22)25/h3-4,6-7,9,13,18,21,28H,5,8,10-12,14-17H2,1-2H3/t18-,21+/m0/s1. The van der Waals surface area contributed by atoms with Crippen LogP contribution < -0.4 is 4.74 Å². The minimum Gasteiger partial charge on any atom is -0.488 e. The molecule has 2 aromatic rings. The average Bonchev–Trinajstić information content (AvgIpc) is 3.27. The summed E-state index contributed by atoms with van der Waals surface area (Å²) in [6.07, 6.45) is 0.846. The van der Waals surface area contributed by atoms with Crippen LogP contribution in [0.5, 0.6) is 5.75 Å². The Morgan fingerprint density at radius 3 is 2.88 bits per heavy atom. The SMILES string of the molecule is COCCCN(CC(=O)N1CCc2sccc2[C@H]1COc1ccccc1F)C[C@H](O)COC. The number of methoxy groups -OCH3 is 2. The van der Waals surface area contributed by atoms with Crippen LogP contribution in [0.4, 0.5) is 4.39 Å². The van der Waals surface area contributed by atoms with Crippen molar-refractivity contribution < 1.29 is 28.5 Å². The zero-order valence-corrected chi connectivity index (χ0v) is 20.1. The highest BCUT2D eigenvalue weighted by Crippen LogP contribution is 2.34. The first-order chi connectivity index (χ1) is 16.0. The third-order valence-corrected chi connectivity index (χ3v) is 6.65. The number of aliphatic hydroxyl groups excluding tert-OH is 1. The molecule has 0 unspecified atom stereocenters. The summed E-state index contributed by atoms with van der Waals surface area (Å²) in [7, 11) is 3.18. The van der Waals surface area contributed by atoms with Crippen LogP contribution in [0, 0.1) is 5.82 Å². The predicted octanol–water partition coefficient (Wildman–Crippen LogP) is 2.74. The molecule has 1 aromatic heterocycles. The second-order valence-electron chi connectivity index (χ2n) is 8.08. The van der Waals surface area contributed by atoms with Crippen LogP contribution in [0.15, 0.2) is 35.7 Å². The van der Waals surface area contributed by atoms with Crippen LogP contribution in [0.3, 0.4) is 0 Å². The van der Waals surface area contributed by atoms with Gasteiger partial charge in [0.25, 0.3) is 0 Å². The van der Waals surface area contributed by atoms with E-state index in [4.69, 9.17) is 14.2 Å². The van der Waals surface area contributed by atoms with Crippen molar-refractivity contribution in [2.45, 2.75) is 25.0 Å². The molecule has 1 N–H and O–H groups in total. The predicted molar refractivity (Wildman–Crippen MR) is 125 cm³/mol. The first-order valence-corrected chi connectivity index (χ1v) is 12.0. The maximum atomic E-state index is 14.1. The zero-order chi connectivity index (χ0) is 23.6. The zero-order valence-electron chi connectivity index (χ0n) is 19.2. The maximum absolute atomic E-state index is 14.1. The smallest absolute Gasteiger partial charge is 0.237 e. The molecule has 9 heteroatoms. The number of para-hydroxylation sites is 1. The van der Waals surface area contributed by atoms with Gasteiger partial charge in [0.2, 0.25) is 5.91 Å². The van der Waals surface area contributed by atoms with E-state index >= 15 is 0 Å². The molecule has 0 radical (unpaired) electrons. The van der Waals surface area contributed by atoms with Crippen molar-refractivity contribution in [1.29, 1.82) is 0 Å². The van der Waals surface area contributed by atoms with Crippen LogP contribution in [-0.4, -0.2) is 87.1 Å². The number of nitrogens with zero attached hydrogens (tertiary/aromatic N) is 2. The number of benzene rings is 1. The second kappa shape index (κ2) is 13.0. The minimum atomic E-state index is -0.685. The normalized spacial score (nSPS) is 16.6. The van der Waals surface area contributed by atoms with Gasteiger partial charge in [0.05, 0.1) is 25.3 Å².